The summed E-state index contributed by atoms with van der Waals surface area (Å²) in [7, 11) is 0. The number of hydrogen-bond acceptors (Lipinski definition) is 2. The van der Waals surface area contributed by atoms with Gasteiger partial charge in [-0.3, -0.25) is 19.7 Å². The Kier molecular flexibility index (Phi) is 3.60. The van der Waals surface area contributed by atoms with Crippen LogP contribution in [0.15, 0.2) is 12.1 Å². The summed E-state index contributed by atoms with van der Waals surface area (Å²) in [4.78, 5) is 22.6. The minimum atomic E-state index is -1.06. The summed E-state index contributed by atoms with van der Waals surface area (Å²) in [5.74, 6) is -1.28. The maximum absolute atomic E-state index is 11.7. The standard InChI is InChI=1S/C12H18N2O3/c1-8-5-6-9(2)14(8)13-10(15)7-12(3,4)11(16)17/h5-6H,7H2,1-4H3,(H,13,15)(H,16,17). The first-order chi connectivity index (χ1) is 7.74. The first-order valence-electron chi connectivity index (χ1n) is 5.42. The van der Waals surface area contributed by atoms with Crippen LogP contribution in [0, 0.1) is 19.3 Å². The molecule has 0 fully saturated rings. The zero-order valence-electron chi connectivity index (χ0n) is 10.6. The summed E-state index contributed by atoms with van der Waals surface area (Å²) in [6, 6.07) is 3.77. The second-order valence-electron chi connectivity index (χ2n) is 4.85. The largest absolute Gasteiger partial charge is 0.481 e. The monoisotopic (exact) mass is 238 g/mol. The number of carboxylic acids is 1. The average Bonchev–Trinajstić information content (AvgIpc) is 2.48. The van der Waals surface area contributed by atoms with Gasteiger partial charge in [0.1, 0.15) is 0 Å². The fourth-order valence-electron chi connectivity index (χ4n) is 1.49. The van der Waals surface area contributed by atoms with E-state index in [1.54, 1.807) is 4.68 Å². The van der Waals surface area contributed by atoms with Crippen molar-refractivity contribution in [2.45, 2.75) is 34.1 Å². The highest BCUT2D eigenvalue weighted by Crippen LogP contribution is 2.20. The van der Waals surface area contributed by atoms with E-state index in [1.165, 1.54) is 13.8 Å². The zero-order valence-corrected chi connectivity index (χ0v) is 10.6. The van der Waals surface area contributed by atoms with Crippen LogP contribution < -0.4 is 5.43 Å². The molecule has 0 radical (unpaired) electrons. The van der Waals surface area contributed by atoms with E-state index < -0.39 is 11.4 Å². The molecule has 0 aliphatic carbocycles. The molecule has 94 valence electrons. The molecule has 0 unspecified atom stereocenters. The molecule has 17 heavy (non-hydrogen) atoms. The second-order valence-corrected chi connectivity index (χ2v) is 4.85. The maximum atomic E-state index is 11.7. The normalized spacial score (nSPS) is 11.3. The molecule has 1 rings (SSSR count). The number of carbonyl (C=O) groups is 2. The van der Waals surface area contributed by atoms with E-state index >= 15 is 0 Å². The van der Waals surface area contributed by atoms with E-state index in [9.17, 15) is 9.59 Å². The third kappa shape index (κ3) is 3.09. The number of nitrogens with zero attached hydrogens (tertiary/aromatic N) is 1. The van der Waals surface area contributed by atoms with Gasteiger partial charge >= 0.3 is 5.97 Å². The second kappa shape index (κ2) is 4.61. The minimum absolute atomic E-state index is 0.0562. The summed E-state index contributed by atoms with van der Waals surface area (Å²) in [5, 5.41) is 8.94. The summed E-state index contributed by atoms with van der Waals surface area (Å²) >= 11 is 0. The van der Waals surface area contributed by atoms with Gasteiger partial charge in [-0.05, 0) is 39.8 Å². The Morgan fingerprint density at radius 1 is 1.29 bits per heavy atom. The van der Waals surface area contributed by atoms with Gasteiger partial charge < -0.3 is 5.11 Å². The first kappa shape index (κ1) is 13.3. The van der Waals surface area contributed by atoms with Crippen LogP contribution in [0.5, 0.6) is 0 Å². The molecular weight excluding hydrogens is 220 g/mol. The SMILES string of the molecule is Cc1ccc(C)n1NC(=O)CC(C)(C)C(=O)O. The molecule has 0 saturated carbocycles. The third-order valence-corrected chi connectivity index (χ3v) is 2.69. The van der Waals surface area contributed by atoms with Gasteiger partial charge in [-0.25, -0.2) is 0 Å². The summed E-state index contributed by atoms with van der Waals surface area (Å²) in [5.41, 5.74) is 3.44. The van der Waals surface area contributed by atoms with Gasteiger partial charge in [-0.2, -0.15) is 0 Å². The van der Waals surface area contributed by atoms with Gasteiger partial charge in [-0.1, -0.05) is 0 Å². The molecule has 1 aromatic heterocycles. The Hall–Kier alpha value is -1.78. The van der Waals surface area contributed by atoms with Crippen LogP contribution >= 0.6 is 0 Å². The van der Waals surface area contributed by atoms with Crippen LogP contribution in [0.25, 0.3) is 0 Å². The number of hydrogen-bond donors (Lipinski definition) is 2. The van der Waals surface area contributed by atoms with Crippen LogP contribution in [0.4, 0.5) is 0 Å². The van der Waals surface area contributed by atoms with Crippen LogP contribution in [-0.2, 0) is 9.59 Å². The molecule has 5 heteroatoms. The Balaban J connectivity index is 2.72. The van der Waals surface area contributed by atoms with Crippen LogP contribution in [0.2, 0.25) is 0 Å². The molecule has 0 saturated heterocycles. The molecule has 0 aliphatic heterocycles. The van der Waals surface area contributed by atoms with Crippen molar-refractivity contribution in [3.05, 3.63) is 23.5 Å². The lowest BCUT2D eigenvalue weighted by atomic mass is 9.89. The molecule has 0 atom stereocenters. The van der Waals surface area contributed by atoms with Crippen molar-refractivity contribution in [3.63, 3.8) is 0 Å². The number of aryl methyl sites for hydroxylation is 2. The Bertz CT molecular complexity index is 427. The maximum Gasteiger partial charge on any atom is 0.309 e. The molecule has 0 aliphatic rings. The van der Waals surface area contributed by atoms with Crippen LogP contribution in [0.3, 0.4) is 0 Å². The molecular formula is C12H18N2O3. The lowest BCUT2D eigenvalue weighted by molar-refractivity contribution is -0.149. The van der Waals surface area contributed by atoms with Crippen molar-refractivity contribution in [2.24, 2.45) is 5.41 Å². The summed E-state index contributed by atoms with van der Waals surface area (Å²) in [6.45, 7) is 6.81. The van der Waals surface area contributed by atoms with Crippen molar-refractivity contribution in [2.75, 3.05) is 5.43 Å². The van der Waals surface area contributed by atoms with E-state index in [-0.39, 0.29) is 12.3 Å². The number of aliphatic carboxylic acids is 1. The fourth-order valence-corrected chi connectivity index (χ4v) is 1.49. The van der Waals surface area contributed by atoms with E-state index in [4.69, 9.17) is 5.11 Å². The summed E-state index contributed by atoms with van der Waals surface area (Å²) in [6.07, 6.45) is -0.0562. The predicted molar refractivity (Wildman–Crippen MR) is 64.3 cm³/mol. The van der Waals surface area contributed by atoms with Crippen molar-refractivity contribution in [1.82, 2.24) is 4.68 Å². The van der Waals surface area contributed by atoms with Gasteiger partial charge in [0.25, 0.3) is 0 Å². The third-order valence-electron chi connectivity index (χ3n) is 2.69. The topological polar surface area (TPSA) is 71.3 Å². The smallest absolute Gasteiger partial charge is 0.309 e. The Morgan fingerprint density at radius 2 is 1.76 bits per heavy atom. The van der Waals surface area contributed by atoms with Crippen molar-refractivity contribution >= 4 is 11.9 Å². The molecule has 0 spiro atoms. The summed E-state index contributed by atoms with van der Waals surface area (Å²) < 4.78 is 1.65. The van der Waals surface area contributed by atoms with Crippen molar-refractivity contribution in [3.8, 4) is 0 Å². The highest BCUT2D eigenvalue weighted by atomic mass is 16.4. The Morgan fingerprint density at radius 3 is 2.18 bits per heavy atom. The van der Waals surface area contributed by atoms with Crippen LogP contribution in [0.1, 0.15) is 31.7 Å². The molecule has 0 aromatic carbocycles. The molecule has 1 aromatic rings. The van der Waals surface area contributed by atoms with Crippen LogP contribution in [-0.4, -0.2) is 21.7 Å². The van der Waals surface area contributed by atoms with Gasteiger partial charge in [0.2, 0.25) is 5.91 Å². The van der Waals surface area contributed by atoms with Gasteiger partial charge in [-0.15, -0.1) is 0 Å². The lowest BCUT2D eigenvalue weighted by Gasteiger charge is -2.19. The van der Waals surface area contributed by atoms with E-state index in [0.717, 1.165) is 11.4 Å². The number of amides is 1. The Labute approximate surface area is 100 Å². The highest BCUT2D eigenvalue weighted by Gasteiger charge is 2.30. The molecule has 0 bridgehead atoms. The first-order valence-corrected chi connectivity index (χ1v) is 5.42. The van der Waals surface area contributed by atoms with Crippen molar-refractivity contribution in [1.29, 1.82) is 0 Å². The van der Waals surface area contributed by atoms with Gasteiger partial charge in [0.05, 0.1) is 5.41 Å². The lowest BCUT2D eigenvalue weighted by Crippen LogP contribution is -2.33. The highest BCUT2D eigenvalue weighted by molar-refractivity contribution is 5.89. The molecule has 5 nitrogen and oxygen atoms in total. The molecule has 1 amide bonds. The zero-order chi connectivity index (χ0) is 13.2. The quantitative estimate of drug-likeness (QED) is 0.838. The molecule has 1 heterocycles. The number of rotatable bonds is 4. The van der Waals surface area contributed by atoms with E-state index in [0.29, 0.717) is 0 Å². The van der Waals surface area contributed by atoms with E-state index in [2.05, 4.69) is 5.43 Å². The average molecular weight is 238 g/mol. The predicted octanol–water partition coefficient (Wildman–Crippen LogP) is 1.68. The van der Waals surface area contributed by atoms with Crippen molar-refractivity contribution < 1.29 is 14.7 Å². The number of carbonyl (C=O) groups excluding carboxylic acids is 1. The van der Waals surface area contributed by atoms with Gasteiger partial charge in [0.15, 0.2) is 0 Å². The van der Waals surface area contributed by atoms with E-state index in [1.807, 2.05) is 26.0 Å². The number of carboxylic acid groups (broad SMARTS) is 1. The minimum Gasteiger partial charge on any atom is -0.481 e. The fraction of sp³-hybridized carbons (Fsp3) is 0.500. The van der Waals surface area contributed by atoms with Gasteiger partial charge in [0, 0.05) is 17.8 Å². The number of nitrogens with one attached hydrogen (secondary N) is 1. The molecule has 2 N–H and O–H groups in total. The number of aromatic nitrogens is 1.